The molecule has 146 valence electrons. The van der Waals surface area contributed by atoms with Gasteiger partial charge in [0.1, 0.15) is 5.03 Å². The van der Waals surface area contributed by atoms with Gasteiger partial charge in [0.25, 0.3) is 0 Å². The van der Waals surface area contributed by atoms with Crippen LogP contribution in [0.25, 0.3) is 10.2 Å². The summed E-state index contributed by atoms with van der Waals surface area (Å²) >= 11 is 2.73. The number of anilines is 1. The molecule has 7 nitrogen and oxygen atoms in total. The Hall–Kier alpha value is -2.23. The Bertz CT molecular complexity index is 1110. The van der Waals surface area contributed by atoms with Crippen molar-refractivity contribution >= 4 is 44.4 Å². The molecule has 0 saturated carbocycles. The minimum Gasteiger partial charge on any atom is -0.395 e. The number of aliphatic hydroxyl groups excluding tert-OH is 1. The number of carbonyl (C=O) groups excluding carboxylic acids is 1. The fourth-order valence-electron chi connectivity index (χ4n) is 3.41. The summed E-state index contributed by atoms with van der Waals surface area (Å²) in [6, 6.07) is 5.99. The average molecular weight is 417 g/mol. The number of fused-ring (bicyclic) bond motifs is 2. The van der Waals surface area contributed by atoms with E-state index in [9.17, 15) is 14.7 Å². The summed E-state index contributed by atoms with van der Waals surface area (Å²) in [5, 5.41) is 13.2. The van der Waals surface area contributed by atoms with Crippen molar-refractivity contribution in [2.45, 2.75) is 37.8 Å². The average Bonchev–Trinajstić information content (AvgIpc) is 3.29. The van der Waals surface area contributed by atoms with E-state index in [1.54, 1.807) is 4.57 Å². The van der Waals surface area contributed by atoms with Crippen LogP contribution in [-0.2, 0) is 24.2 Å². The molecule has 4 rings (SSSR count). The highest BCUT2D eigenvalue weighted by molar-refractivity contribution is 8.00. The highest BCUT2D eigenvalue weighted by Crippen LogP contribution is 2.30. The number of nitrogens with zero attached hydrogens (tertiary/aromatic N) is 3. The molecule has 0 saturated heterocycles. The maximum atomic E-state index is 12.4. The molecule has 0 bridgehead atoms. The van der Waals surface area contributed by atoms with E-state index in [4.69, 9.17) is 0 Å². The van der Waals surface area contributed by atoms with Crippen molar-refractivity contribution in [2.24, 2.45) is 0 Å². The fourth-order valence-corrected chi connectivity index (χ4v) is 5.27. The Kier molecular flexibility index (Phi) is 5.47. The van der Waals surface area contributed by atoms with Gasteiger partial charge in [-0.1, -0.05) is 29.2 Å². The molecule has 28 heavy (non-hydrogen) atoms. The van der Waals surface area contributed by atoms with E-state index in [0.717, 1.165) is 46.3 Å². The first-order valence-corrected chi connectivity index (χ1v) is 10.9. The van der Waals surface area contributed by atoms with Gasteiger partial charge in [-0.2, -0.15) is 4.98 Å². The first-order valence-electron chi connectivity index (χ1n) is 9.08. The lowest BCUT2D eigenvalue weighted by atomic mass is 10.2. The number of benzene rings is 1. The molecular weight excluding hydrogens is 396 g/mol. The lowest BCUT2D eigenvalue weighted by Crippen LogP contribution is -2.28. The van der Waals surface area contributed by atoms with Crippen molar-refractivity contribution in [1.82, 2.24) is 14.5 Å². The zero-order valence-corrected chi connectivity index (χ0v) is 17.0. The van der Waals surface area contributed by atoms with Crippen LogP contribution in [0.4, 0.5) is 5.13 Å². The summed E-state index contributed by atoms with van der Waals surface area (Å²) in [4.78, 5) is 33.2. The number of hydrogen-bond donors (Lipinski definition) is 2. The number of aromatic nitrogens is 3. The molecule has 0 unspecified atom stereocenters. The zero-order chi connectivity index (χ0) is 19.7. The first kappa shape index (κ1) is 19.1. The van der Waals surface area contributed by atoms with Gasteiger partial charge in [-0.3, -0.25) is 9.36 Å². The summed E-state index contributed by atoms with van der Waals surface area (Å²) in [5.41, 5.74) is 3.63. The lowest BCUT2D eigenvalue weighted by molar-refractivity contribution is -0.113. The zero-order valence-electron chi connectivity index (χ0n) is 15.4. The number of carbonyl (C=O) groups is 1. The lowest BCUT2D eigenvalue weighted by Gasteiger charge is -2.12. The summed E-state index contributed by atoms with van der Waals surface area (Å²) < 4.78 is 2.59. The van der Waals surface area contributed by atoms with Crippen molar-refractivity contribution in [2.75, 3.05) is 17.7 Å². The normalized spacial score (nSPS) is 13.1. The first-order chi connectivity index (χ1) is 13.5. The van der Waals surface area contributed by atoms with Gasteiger partial charge in [-0.05, 0) is 43.9 Å². The number of aryl methyl sites for hydroxylation is 1. The van der Waals surface area contributed by atoms with Crippen LogP contribution in [-0.4, -0.2) is 37.9 Å². The van der Waals surface area contributed by atoms with Crippen LogP contribution in [0, 0.1) is 6.92 Å². The Morgan fingerprint density at radius 1 is 1.36 bits per heavy atom. The van der Waals surface area contributed by atoms with Crippen molar-refractivity contribution in [3.8, 4) is 0 Å². The standard InChI is InChI=1S/C19H20N4O3S2/c1-11-5-6-13-15(9-11)28-18(20-13)21-16(25)10-27-17-12-3-2-4-14(12)23(7-8-24)19(26)22-17/h5-6,9,24H,2-4,7-8,10H2,1H3,(H,20,21,25). The molecule has 0 atom stereocenters. The van der Waals surface area contributed by atoms with Gasteiger partial charge in [0.05, 0.1) is 29.1 Å². The molecule has 1 amide bonds. The Balaban J connectivity index is 1.47. The van der Waals surface area contributed by atoms with Crippen molar-refractivity contribution in [1.29, 1.82) is 0 Å². The van der Waals surface area contributed by atoms with E-state index in [1.165, 1.54) is 23.1 Å². The van der Waals surface area contributed by atoms with E-state index >= 15 is 0 Å². The smallest absolute Gasteiger partial charge is 0.348 e. The van der Waals surface area contributed by atoms with Gasteiger partial charge in [-0.25, -0.2) is 9.78 Å². The quantitative estimate of drug-likeness (QED) is 0.473. The summed E-state index contributed by atoms with van der Waals surface area (Å²) in [7, 11) is 0. The topological polar surface area (TPSA) is 97.1 Å². The van der Waals surface area contributed by atoms with Crippen LogP contribution in [0.1, 0.15) is 23.2 Å². The molecule has 1 aliphatic rings. The Morgan fingerprint density at radius 3 is 3.04 bits per heavy atom. The van der Waals surface area contributed by atoms with Crippen LogP contribution >= 0.6 is 23.1 Å². The summed E-state index contributed by atoms with van der Waals surface area (Å²) in [6.45, 7) is 2.19. The van der Waals surface area contributed by atoms with Crippen LogP contribution in [0.3, 0.4) is 0 Å². The van der Waals surface area contributed by atoms with Crippen LogP contribution in [0.2, 0.25) is 0 Å². The summed E-state index contributed by atoms with van der Waals surface area (Å²) in [5.74, 6) is -0.00782. The molecule has 1 aliphatic carbocycles. The minimum atomic E-state index is -0.362. The third-order valence-electron chi connectivity index (χ3n) is 4.65. The predicted molar refractivity (Wildman–Crippen MR) is 111 cm³/mol. The van der Waals surface area contributed by atoms with E-state index in [0.29, 0.717) is 10.2 Å². The third-order valence-corrected chi connectivity index (χ3v) is 6.61. The number of thiazole rings is 1. The highest BCUT2D eigenvalue weighted by Gasteiger charge is 2.22. The third kappa shape index (κ3) is 3.82. The monoisotopic (exact) mass is 416 g/mol. The van der Waals surface area contributed by atoms with Crippen molar-refractivity contribution in [3.05, 3.63) is 45.5 Å². The molecule has 0 radical (unpaired) electrons. The molecule has 0 aliphatic heterocycles. The molecular formula is C19H20N4O3S2. The largest absolute Gasteiger partial charge is 0.395 e. The Labute approximate surface area is 169 Å². The van der Waals surface area contributed by atoms with Gasteiger partial charge in [0, 0.05) is 11.3 Å². The number of rotatable bonds is 6. The van der Waals surface area contributed by atoms with Gasteiger partial charge in [-0.15, -0.1) is 0 Å². The number of nitrogens with one attached hydrogen (secondary N) is 1. The molecule has 2 aromatic heterocycles. The second-order valence-corrected chi connectivity index (χ2v) is 8.68. The molecule has 3 aromatic rings. The van der Waals surface area contributed by atoms with Crippen LogP contribution in [0.15, 0.2) is 28.0 Å². The second kappa shape index (κ2) is 8.02. The van der Waals surface area contributed by atoms with E-state index < -0.39 is 0 Å². The summed E-state index contributed by atoms with van der Waals surface area (Å²) in [6.07, 6.45) is 2.60. The van der Waals surface area contributed by atoms with Crippen molar-refractivity contribution < 1.29 is 9.90 Å². The van der Waals surface area contributed by atoms with Gasteiger partial charge >= 0.3 is 5.69 Å². The minimum absolute atomic E-state index is 0.0926. The number of aliphatic hydroxyl groups is 1. The SMILES string of the molecule is Cc1ccc2nc(NC(=O)CSc3nc(=O)n(CCO)c4c3CCC4)sc2c1. The van der Waals surface area contributed by atoms with E-state index in [1.807, 2.05) is 25.1 Å². The number of amides is 1. The van der Waals surface area contributed by atoms with Crippen LogP contribution < -0.4 is 11.0 Å². The predicted octanol–water partition coefficient (Wildman–Crippen LogP) is 2.37. The second-order valence-electron chi connectivity index (χ2n) is 6.68. The molecule has 2 heterocycles. The maximum absolute atomic E-state index is 12.4. The van der Waals surface area contributed by atoms with Crippen LogP contribution in [0.5, 0.6) is 0 Å². The molecule has 2 N–H and O–H groups in total. The molecule has 1 aromatic carbocycles. The fraction of sp³-hybridized carbons (Fsp3) is 0.368. The molecule has 0 spiro atoms. The number of hydrogen-bond acceptors (Lipinski definition) is 7. The van der Waals surface area contributed by atoms with Gasteiger partial charge in [0.2, 0.25) is 5.91 Å². The number of thioether (sulfide) groups is 1. The maximum Gasteiger partial charge on any atom is 0.348 e. The van der Waals surface area contributed by atoms with Crippen molar-refractivity contribution in [3.63, 3.8) is 0 Å². The molecule has 0 fully saturated rings. The van der Waals surface area contributed by atoms with Gasteiger partial charge in [0.15, 0.2) is 5.13 Å². The Morgan fingerprint density at radius 2 is 2.21 bits per heavy atom. The highest BCUT2D eigenvalue weighted by atomic mass is 32.2. The van der Waals surface area contributed by atoms with Gasteiger partial charge < -0.3 is 10.4 Å². The van der Waals surface area contributed by atoms with E-state index in [-0.39, 0.29) is 30.5 Å². The molecule has 9 heteroatoms. The van der Waals surface area contributed by atoms with E-state index in [2.05, 4.69) is 15.3 Å².